The molecule has 1 fully saturated rings. The van der Waals surface area contributed by atoms with Crippen molar-refractivity contribution in [3.8, 4) is 0 Å². The maximum absolute atomic E-state index is 13.2. The molecule has 38 heavy (non-hydrogen) atoms. The molecule has 3 aromatic carbocycles. The van der Waals surface area contributed by atoms with Gasteiger partial charge in [-0.2, -0.15) is 0 Å². The Morgan fingerprint density at radius 2 is 1.66 bits per heavy atom. The summed E-state index contributed by atoms with van der Waals surface area (Å²) in [5.74, 6) is -1.03. The number of carbonyl (C=O) groups is 2. The standard InChI is InChI=1S/C30H31ClN4O3/c1-34-14-16-35(17-15-34)19-21-4-10-24(11-5-21)32-29(22-7-2-20(3-8-22)6-13-27(36)37)28-25-12-9-23(31)18-26(25)33-30(28)38/h2-5,7-12,18,32H,6,13-17,19H2,1H3,(H,33,38)(H,36,37). The molecular weight excluding hydrogens is 500 g/mol. The van der Waals surface area contributed by atoms with Gasteiger partial charge >= 0.3 is 5.97 Å². The van der Waals surface area contributed by atoms with E-state index in [1.165, 1.54) is 5.56 Å². The van der Waals surface area contributed by atoms with Gasteiger partial charge in [0, 0.05) is 55.4 Å². The third-order valence-electron chi connectivity index (χ3n) is 7.07. The van der Waals surface area contributed by atoms with Gasteiger partial charge in [0.25, 0.3) is 5.91 Å². The zero-order valence-electron chi connectivity index (χ0n) is 21.3. The van der Waals surface area contributed by atoms with Crippen LogP contribution in [0.2, 0.25) is 5.02 Å². The van der Waals surface area contributed by atoms with E-state index in [1.807, 2.05) is 42.5 Å². The van der Waals surface area contributed by atoms with Crippen LogP contribution in [0.3, 0.4) is 0 Å². The van der Waals surface area contributed by atoms with Crippen molar-refractivity contribution in [2.24, 2.45) is 0 Å². The van der Waals surface area contributed by atoms with E-state index in [0.717, 1.165) is 55.1 Å². The molecule has 3 N–H and O–H groups in total. The second-order valence-electron chi connectivity index (χ2n) is 9.89. The summed E-state index contributed by atoms with van der Waals surface area (Å²) in [6.45, 7) is 5.21. The van der Waals surface area contributed by atoms with Gasteiger partial charge in [-0.3, -0.25) is 14.5 Å². The van der Waals surface area contributed by atoms with Gasteiger partial charge in [-0.15, -0.1) is 0 Å². The lowest BCUT2D eigenvalue weighted by atomic mass is 9.98. The van der Waals surface area contributed by atoms with Crippen molar-refractivity contribution in [2.75, 3.05) is 43.9 Å². The first-order valence-corrected chi connectivity index (χ1v) is 13.2. The Hall–Kier alpha value is -3.65. The number of nitrogens with one attached hydrogen (secondary N) is 2. The maximum atomic E-state index is 13.2. The van der Waals surface area contributed by atoms with E-state index in [9.17, 15) is 9.59 Å². The molecule has 0 aromatic heterocycles. The lowest BCUT2D eigenvalue weighted by molar-refractivity contribution is -0.137. The Kier molecular flexibility index (Phi) is 7.79. The molecule has 0 unspecified atom stereocenters. The summed E-state index contributed by atoms with van der Waals surface area (Å²) < 4.78 is 0. The molecule has 0 atom stereocenters. The molecular formula is C30H31ClN4O3. The topological polar surface area (TPSA) is 84.9 Å². The number of benzene rings is 3. The number of halogens is 1. The fraction of sp³-hybridized carbons (Fsp3) is 0.267. The summed E-state index contributed by atoms with van der Waals surface area (Å²) in [7, 11) is 2.16. The van der Waals surface area contributed by atoms with Crippen LogP contribution in [0.4, 0.5) is 11.4 Å². The van der Waals surface area contributed by atoms with Crippen LogP contribution < -0.4 is 10.6 Å². The number of amides is 1. The third kappa shape index (κ3) is 6.07. The number of hydrogen-bond donors (Lipinski definition) is 3. The lowest BCUT2D eigenvalue weighted by Crippen LogP contribution is -2.43. The van der Waals surface area contributed by atoms with Crippen molar-refractivity contribution in [3.63, 3.8) is 0 Å². The van der Waals surface area contributed by atoms with Gasteiger partial charge in [0.1, 0.15) is 0 Å². The lowest BCUT2D eigenvalue weighted by Gasteiger charge is -2.32. The highest BCUT2D eigenvalue weighted by atomic mass is 35.5. The van der Waals surface area contributed by atoms with E-state index in [2.05, 4.69) is 39.6 Å². The molecule has 2 aliphatic heterocycles. The molecule has 1 saturated heterocycles. The molecule has 3 aromatic rings. The third-order valence-corrected chi connectivity index (χ3v) is 7.31. The fourth-order valence-electron chi connectivity index (χ4n) is 4.86. The number of aliphatic carboxylic acids is 1. The Labute approximate surface area is 227 Å². The van der Waals surface area contributed by atoms with Crippen molar-refractivity contribution >= 4 is 46.1 Å². The van der Waals surface area contributed by atoms with Crippen LogP contribution in [0.15, 0.2) is 66.7 Å². The number of aryl methyl sites for hydroxylation is 1. The predicted octanol–water partition coefficient (Wildman–Crippen LogP) is 5.04. The van der Waals surface area contributed by atoms with Gasteiger partial charge < -0.3 is 20.6 Å². The Bertz CT molecular complexity index is 1360. The number of carbonyl (C=O) groups excluding carboxylic acids is 1. The first kappa shape index (κ1) is 26.0. The second-order valence-corrected chi connectivity index (χ2v) is 10.3. The highest BCUT2D eigenvalue weighted by molar-refractivity contribution is 6.38. The average molecular weight is 531 g/mol. The van der Waals surface area contributed by atoms with Gasteiger partial charge in [0.05, 0.1) is 17.0 Å². The Balaban J connectivity index is 1.44. The molecule has 2 heterocycles. The Morgan fingerprint density at radius 3 is 2.34 bits per heavy atom. The number of anilines is 2. The number of carboxylic acids is 1. The van der Waals surface area contributed by atoms with Crippen LogP contribution >= 0.6 is 11.6 Å². The van der Waals surface area contributed by atoms with E-state index in [1.54, 1.807) is 12.1 Å². The molecule has 0 spiro atoms. The molecule has 0 bridgehead atoms. The zero-order valence-corrected chi connectivity index (χ0v) is 22.1. The smallest absolute Gasteiger partial charge is 0.303 e. The van der Waals surface area contributed by atoms with Crippen LogP contribution in [0.1, 0.15) is 28.7 Å². The van der Waals surface area contributed by atoms with E-state index in [0.29, 0.717) is 28.4 Å². The first-order chi connectivity index (χ1) is 18.4. The van der Waals surface area contributed by atoms with Gasteiger partial charge in [-0.1, -0.05) is 54.1 Å². The highest BCUT2D eigenvalue weighted by Crippen LogP contribution is 2.39. The largest absolute Gasteiger partial charge is 0.481 e. The normalized spacial score (nSPS) is 17.2. The summed E-state index contributed by atoms with van der Waals surface area (Å²) >= 11 is 6.18. The van der Waals surface area contributed by atoms with Crippen molar-refractivity contribution in [2.45, 2.75) is 19.4 Å². The predicted molar refractivity (Wildman–Crippen MR) is 152 cm³/mol. The number of rotatable bonds is 8. The highest BCUT2D eigenvalue weighted by Gasteiger charge is 2.28. The average Bonchev–Trinajstić information content (AvgIpc) is 3.23. The van der Waals surface area contributed by atoms with Crippen LogP contribution in [0.25, 0.3) is 11.3 Å². The number of likely N-dealkylation sites (N-methyl/N-ethyl adjacent to an activating group) is 1. The molecule has 0 radical (unpaired) electrons. The molecule has 7 nitrogen and oxygen atoms in total. The van der Waals surface area contributed by atoms with Crippen molar-refractivity contribution in [1.82, 2.24) is 9.80 Å². The monoisotopic (exact) mass is 530 g/mol. The molecule has 0 aliphatic carbocycles. The number of piperazine rings is 1. The van der Waals surface area contributed by atoms with Gasteiger partial charge in [-0.25, -0.2) is 0 Å². The first-order valence-electron chi connectivity index (χ1n) is 12.8. The molecule has 1 amide bonds. The quantitative estimate of drug-likeness (QED) is 0.354. The molecule has 5 rings (SSSR count). The SMILES string of the molecule is CN1CCN(Cc2ccc(NC(=C3C(=O)Nc4cc(Cl)ccc43)c3ccc(CCC(=O)O)cc3)cc2)CC1. The number of nitrogens with zero attached hydrogens (tertiary/aromatic N) is 2. The summed E-state index contributed by atoms with van der Waals surface area (Å²) in [5, 5.41) is 16.0. The number of carboxylic acid groups (broad SMARTS) is 1. The van der Waals surface area contributed by atoms with Gasteiger partial charge in [0.2, 0.25) is 0 Å². The summed E-state index contributed by atoms with van der Waals surface area (Å²) in [6.07, 6.45) is 0.522. The van der Waals surface area contributed by atoms with Crippen LogP contribution in [0, 0.1) is 0 Å². The molecule has 0 saturated carbocycles. The van der Waals surface area contributed by atoms with Crippen molar-refractivity contribution in [3.05, 3.63) is 94.0 Å². The van der Waals surface area contributed by atoms with E-state index >= 15 is 0 Å². The second kappa shape index (κ2) is 11.4. The van der Waals surface area contributed by atoms with Crippen LogP contribution in [-0.2, 0) is 22.6 Å². The number of hydrogen-bond acceptors (Lipinski definition) is 5. The van der Waals surface area contributed by atoms with E-state index in [4.69, 9.17) is 16.7 Å². The molecule has 2 aliphatic rings. The van der Waals surface area contributed by atoms with E-state index < -0.39 is 5.97 Å². The number of fused-ring (bicyclic) bond motifs is 1. The minimum atomic E-state index is -0.826. The molecule has 196 valence electrons. The minimum Gasteiger partial charge on any atom is -0.481 e. The summed E-state index contributed by atoms with van der Waals surface area (Å²) in [5.41, 5.74) is 6.56. The fourth-order valence-corrected chi connectivity index (χ4v) is 5.04. The maximum Gasteiger partial charge on any atom is 0.303 e. The van der Waals surface area contributed by atoms with Gasteiger partial charge in [-0.05, 0) is 54.4 Å². The molecule has 8 heteroatoms. The Morgan fingerprint density at radius 1 is 0.974 bits per heavy atom. The summed E-state index contributed by atoms with van der Waals surface area (Å²) in [4.78, 5) is 29.0. The van der Waals surface area contributed by atoms with E-state index in [-0.39, 0.29) is 12.3 Å². The zero-order chi connectivity index (χ0) is 26.6. The van der Waals surface area contributed by atoms with Gasteiger partial charge in [0.15, 0.2) is 0 Å². The van der Waals surface area contributed by atoms with Crippen LogP contribution in [-0.4, -0.2) is 60.0 Å². The van der Waals surface area contributed by atoms with Crippen molar-refractivity contribution in [1.29, 1.82) is 0 Å². The van der Waals surface area contributed by atoms with Crippen LogP contribution in [0.5, 0.6) is 0 Å². The van der Waals surface area contributed by atoms with Crippen molar-refractivity contribution < 1.29 is 14.7 Å². The minimum absolute atomic E-state index is 0.0720. The summed E-state index contributed by atoms with van der Waals surface area (Å²) in [6, 6.07) is 21.4.